The Morgan fingerprint density at radius 3 is 2.68 bits per heavy atom. The molecule has 2 heterocycles. The van der Waals surface area contributed by atoms with E-state index in [0.717, 1.165) is 44.2 Å². The molecule has 2 aromatic heterocycles. The second kappa shape index (κ2) is 5.74. The van der Waals surface area contributed by atoms with E-state index in [2.05, 4.69) is 23.2 Å². The molecule has 0 aliphatic heterocycles. The van der Waals surface area contributed by atoms with Gasteiger partial charge in [-0.3, -0.25) is 9.78 Å². The first-order valence-electron chi connectivity index (χ1n) is 8.21. The highest BCUT2D eigenvalue weighted by atomic mass is 16.4. The van der Waals surface area contributed by atoms with E-state index in [1.807, 2.05) is 54.9 Å². The minimum atomic E-state index is -0.849. The van der Waals surface area contributed by atoms with E-state index in [4.69, 9.17) is 0 Å². The lowest BCUT2D eigenvalue weighted by molar-refractivity contribution is -0.137. The lowest BCUT2D eigenvalue weighted by Gasteiger charge is -2.08. The van der Waals surface area contributed by atoms with Crippen LogP contribution >= 0.6 is 0 Å². The number of aliphatic carboxylic acids is 1. The number of aryl methyl sites for hydroxylation is 1. The number of hydrogen-bond donors (Lipinski definition) is 1. The van der Waals surface area contributed by atoms with Crippen LogP contribution in [0.1, 0.15) is 11.3 Å². The van der Waals surface area contributed by atoms with Crippen LogP contribution in [0.3, 0.4) is 0 Å². The van der Waals surface area contributed by atoms with Gasteiger partial charge in [-0.05, 0) is 37.4 Å². The summed E-state index contributed by atoms with van der Waals surface area (Å²) in [6, 6.07) is 16.3. The van der Waals surface area contributed by atoms with Crippen LogP contribution in [-0.2, 0) is 11.3 Å². The minimum absolute atomic E-state index is 0.0594. The fraction of sp³-hybridized carbons (Fsp3) is 0.143. The van der Waals surface area contributed by atoms with Crippen LogP contribution < -0.4 is 0 Å². The molecule has 0 spiro atoms. The van der Waals surface area contributed by atoms with Crippen molar-refractivity contribution in [3.05, 3.63) is 66.0 Å². The number of carbonyl (C=O) groups is 1. The maximum Gasteiger partial charge on any atom is 0.323 e. The van der Waals surface area contributed by atoms with Crippen molar-refractivity contribution in [2.45, 2.75) is 20.4 Å². The summed E-state index contributed by atoms with van der Waals surface area (Å²) in [5, 5.41) is 12.6. The van der Waals surface area contributed by atoms with Gasteiger partial charge in [0.1, 0.15) is 6.54 Å². The van der Waals surface area contributed by atoms with Crippen LogP contribution in [-0.4, -0.2) is 20.6 Å². The number of aromatic nitrogens is 2. The van der Waals surface area contributed by atoms with Crippen LogP contribution in [0.2, 0.25) is 0 Å². The molecule has 0 saturated heterocycles. The van der Waals surface area contributed by atoms with E-state index in [1.54, 1.807) is 0 Å². The maximum absolute atomic E-state index is 11.4. The van der Waals surface area contributed by atoms with Gasteiger partial charge in [0.2, 0.25) is 0 Å². The Hall–Kier alpha value is -3.14. The standard InChI is InChI=1S/C21H18N2O2/c1-13-7-8-18-17(11-13)20(14(2)23(18)12-19(24)25)21-16-6-4-3-5-15(16)9-10-22-21/h3-11H,12H2,1-2H3,(H,24,25). The highest BCUT2D eigenvalue weighted by Crippen LogP contribution is 2.37. The molecule has 0 fully saturated rings. The van der Waals surface area contributed by atoms with Crippen LogP contribution in [0, 0.1) is 13.8 Å². The van der Waals surface area contributed by atoms with Gasteiger partial charge in [-0.2, -0.15) is 0 Å². The third-order valence-electron chi connectivity index (χ3n) is 4.68. The highest BCUT2D eigenvalue weighted by molar-refractivity contribution is 6.05. The van der Waals surface area contributed by atoms with Crippen molar-refractivity contribution in [2.24, 2.45) is 0 Å². The first kappa shape index (κ1) is 15.4. The number of pyridine rings is 1. The van der Waals surface area contributed by atoms with E-state index in [-0.39, 0.29) is 6.54 Å². The van der Waals surface area contributed by atoms with E-state index >= 15 is 0 Å². The zero-order valence-electron chi connectivity index (χ0n) is 14.2. The summed E-state index contributed by atoms with van der Waals surface area (Å²) in [5.74, 6) is -0.849. The summed E-state index contributed by atoms with van der Waals surface area (Å²) in [4.78, 5) is 16.0. The summed E-state index contributed by atoms with van der Waals surface area (Å²) < 4.78 is 1.86. The Morgan fingerprint density at radius 1 is 1.08 bits per heavy atom. The van der Waals surface area contributed by atoms with E-state index < -0.39 is 5.97 Å². The smallest absolute Gasteiger partial charge is 0.323 e. The normalized spacial score (nSPS) is 11.3. The van der Waals surface area contributed by atoms with Crippen molar-refractivity contribution in [2.75, 3.05) is 0 Å². The number of nitrogens with zero attached hydrogens (tertiary/aromatic N) is 2. The molecular weight excluding hydrogens is 312 g/mol. The summed E-state index contributed by atoms with van der Waals surface area (Å²) in [6.07, 6.45) is 1.81. The first-order chi connectivity index (χ1) is 12.1. The van der Waals surface area contributed by atoms with Crippen LogP contribution in [0.5, 0.6) is 0 Å². The van der Waals surface area contributed by atoms with Gasteiger partial charge in [0, 0.05) is 33.7 Å². The van der Waals surface area contributed by atoms with Gasteiger partial charge in [-0.1, -0.05) is 35.9 Å². The molecule has 0 aliphatic carbocycles. The van der Waals surface area contributed by atoms with Crippen molar-refractivity contribution in [3.8, 4) is 11.3 Å². The van der Waals surface area contributed by atoms with Gasteiger partial charge in [0.15, 0.2) is 0 Å². The fourth-order valence-corrected chi connectivity index (χ4v) is 3.55. The predicted molar refractivity (Wildman–Crippen MR) is 99.8 cm³/mol. The molecule has 0 amide bonds. The number of rotatable bonds is 3. The monoisotopic (exact) mass is 330 g/mol. The Balaban J connectivity index is 2.12. The molecule has 2 aromatic carbocycles. The molecule has 0 radical (unpaired) electrons. The summed E-state index contributed by atoms with van der Waals surface area (Å²) in [7, 11) is 0. The lowest BCUT2D eigenvalue weighted by Crippen LogP contribution is -2.09. The quantitative estimate of drug-likeness (QED) is 0.599. The van der Waals surface area contributed by atoms with Crippen molar-refractivity contribution < 1.29 is 9.90 Å². The first-order valence-corrected chi connectivity index (χ1v) is 8.21. The Kier molecular flexibility index (Phi) is 3.53. The van der Waals surface area contributed by atoms with E-state index in [1.165, 1.54) is 0 Å². The molecular formula is C21H18N2O2. The van der Waals surface area contributed by atoms with Crippen molar-refractivity contribution in [1.82, 2.24) is 9.55 Å². The molecule has 0 bridgehead atoms. The minimum Gasteiger partial charge on any atom is -0.480 e. The van der Waals surface area contributed by atoms with Crippen LogP contribution in [0.4, 0.5) is 0 Å². The third-order valence-corrected chi connectivity index (χ3v) is 4.68. The van der Waals surface area contributed by atoms with Crippen LogP contribution in [0.25, 0.3) is 32.9 Å². The lowest BCUT2D eigenvalue weighted by atomic mass is 10.0. The van der Waals surface area contributed by atoms with Crippen LogP contribution in [0.15, 0.2) is 54.7 Å². The Morgan fingerprint density at radius 2 is 1.88 bits per heavy atom. The average molecular weight is 330 g/mol. The summed E-state index contributed by atoms with van der Waals surface area (Å²) in [5.41, 5.74) is 4.90. The van der Waals surface area contributed by atoms with Crippen molar-refractivity contribution in [1.29, 1.82) is 0 Å². The predicted octanol–water partition coefficient (Wildman–Crippen LogP) is 4.56. The molecule has 0 unspecified atom stereocenters. The van der Waals surface area contributed by atoms with Gasteiger partial charge in [-0.25, -0.2) is 0 Å². The Bertz CT molecular complexity index is 1120. The number of benzene rings is 2. The van der Waals surface area contributed by atoms with Gasteiger partial charge < -0.3 is 9.67 Å². The highest BCUT2D eigenvalue weighted by Gasteiger charge is 2.19. The maximum atomic E-state index is 11.4. The molecule has 1 N–H and O–H groups in total. The number of fused-ring (bicyclic) bond motifs is 2. The fourth-order valence-electron chi connectivity index (χ4n) is 3.55. The zero-order chi connectivity index (χ0) is 17.6. The zero-order valence-corrected chi connectivity index (χ0v) is 14.2. The molecule has 0 atom stereocenters. The number of carboxylic acid groups (broad SMARTS) is 1. The largest absolute Gasteiger partial charge is 0.480 e. The number of carboxylic acids is 1. The molecule has 4 rings (SSSR count). The van der Waals surface area contributed by atoms with Gasteiger partial charge >= 0.3 is 5.97 Å². The second-order valence-electron chi connectivity index (χ2n) is 6.34. The third kappa shape index (κ3) is 2.47. The average Bonchev–Trinajstić information content (AvgIpc) is 2.85. The number of hydrogen-bond acceptors (Lipinski definition) is 2. The second-order valence-corrected chi connectivity index (χ2v) is 6.34. The van der Waals surface area contributed by atoms with Gasteiger partial charge in [0.05, 0.1) is 5.69 Å². The molecule has 4 nitrogen and oxygen atoms in total. The van der Waals surface area contributed by atoms with Gasteiger partial charge in [-0.15, -0.1) is 0 Å². The SMILES string of the molecule is Cc1ccc2c(c1)c(-c1nccc3ccccc13)c(C)n2CC(=O)O. The molecule has 4 heteroatoms. The Labute approximate surface area is 145 Å². The van der Waals surface area contributed by atoms with E-state index in [9.17, 15) is 9.90 Å². The molecule has 124 valence electrons. The molecule has 0 aliphatic rings. The van der Waals surface area contributed by atoms with E-state index in [0.29, 0.717) is 0 Å². The molecule has 25 heavy (non-hydrogen) atoms. The van der Waals surface area contributed by atoms with Crippen molar-refractivity contribution in [3.63, 3.8) is 0 Å². The van der Waals surface area contributed by atoms with Gasteiger partial charge in [0.25, 0.3) is 0 Å². The summed E-state index contributed by atoms with van der Waals surface area (Å²) >= 11 is 0. The molecule has 0 saturated carbocycles. The topological polar surface area (TPSA) is 55.1 Å². The molecule has 4 aromatic rings. The summed E-state index contributed by atoms with van der Waals surface area (Å²) in [6.45, 7) is 3.96. The van der Waals surface area contributed by atoms with Crippen molar-refractivity contribution >= 4 is 27.6 Å².